The second-order valence-electron chi connectivity index (χ2n) is 3.92. The van der Waals surface area contributed by atoms with Crippen molar-refractivity contribution >= 4 is 5.97 Å². The summed E-state index contributed by atoms with van der Waals surface area (Å²) < 4.78 is 18.1. The highest BCUT2D eigenvalue weighted by atomic mass is 19.1. The van der Waals surface area contributed by atoms with Crippen LogP contribution in [0.5, 0.6) is 5.75 Å². The van der Waals surface area contributed by atoms with Crippen molar-refractivity contribution in [3.8, 4) is 5.75 Å². The summed E-state index contributed by atoms with van der Waals surface area (Å²) in [4.78, 5) is 10.7. The van der Waals surface area contributed by atoms with Crippen LogP contribution in [-0.2, 0) is 4.79 Å². The van der Waals surface area contributed by atoms with Gasteiger partial charge in [0.2, 0.25) is 0 Å². The quantitative estimate of drug-likeness (QED) is 0.813. The molecular formula is C11H14FNO3. The molecule has 0 aliphatic rings. The number of carbonyl (C=O) groups is 1. The molecule has 0 fully saturated rings. The maximum atomic E-state index is 12.9. The largest absolute Gasteiger partial charge is 0.491 e. The van der Waals surface area contributed by atoms with Crippen molar-refractivity contribution in [2.45, 2.75) is 19.4 Å². The number of aryl methyl sites for hydroxylation is 1. The molecule has 0 spiro atoms. The fourth-order valence-corrected chi connectivity index (χ4v) is 1.02. The lowest BCUT2D eigenvalue weighted by atomic mass is 10.1. The van der Waals surface area contributed by atoms with Crippen LogP contribution in [0.1, 0.15) is 12.5 Å². The van der Waals surface area contributed by atoms with E-state index in [2.05, 4.69) is 0 Å². The highest BCUT2D eigenvalue weighted by Gasteiger charge is 2.29. The van der Waals surface area contributed by atoms with Gasteiger partial charge in [0.25, 0.3) is 0 Å². The van der Waals surface area contributed by atoms with Crippen molar-refractivity contribution in [1.82, 2.24) is 0 Å². The van der Waals surface area contributed by atoms with Gasteiger partial charge in [-0.15, -0.1) is 0 Å². The molecule has 0 saturated heterocycles. The fraction of sp³-hybridized carbons (Fsp3) is 0.364. The van der Waals surface area contributed by atoms with E-state index in [0.717, 1.165) is 5.56 Å². The van der Waals surface area contributed by atoms with Gasteiger partial charge in [-0.3, -0.25) is 4.79 Å². The lowest BCUT2D eigenvalue weighted by Gasteiger charge is -2.20. The monoisotopic (exact) mass is 227 g/mol. The molecule has 1 aromatic carbocycles. The number of aliphatic carboxylic acids is 1. The Labute approximate surface area is 92.8 Å². The molecule has 0 heterocycles. The summed E-state index contributed by atoms with van der Waals surface area (Å²) in [5, 5.41) is 8.76. The molecule has 0 aliphatic carbocycles. The molecule has 1 atom stereocenters. The molecule has 3 N–H and O–H groups in total. The van der Waals surface area contributed by atoms with Gasteiger partial charge in [-0.1, -0.05) is 6.07 Å². The molecule has 4 nitrogen and oxygen atoms in total. The predicted molar refractivity (Wildman–Crippen MR) is 56.9 cm³/mol. The summed E-state index contributed by atoms with van der Waals surface area (Å²) >= 11 is 0. The molecule has 0 bridgehead atoms. The molecule has 0 aromatic heterocycles. The third-order valence-corrected chi connectivity index (χ3v) is 2.17. The summed E-state index contributed by atoms with van der Waals surface area (Å²) in [5.74, 6) is -1.30. The molecule has 1 rings (SSSR count). The van der Waals surface area contributed by atoms with Gasteiger partial charge in [0.05, 0.1) is 0 Å². The third-order valence-electron chi connectivity index (χ3n) is 2.17. The van der Waals surface area contributed by atoms with E-state index < -0.39 is 17.3 Å². The first-order valence-electron chi connectivity index (χ1n) is 4.74. The van der Waals surface area contributed by atoms with Crippen molar-refractivity contribution in [2.24, 2.45) is 5.73 Å². The van der Waals surface area contributed by atoms with Gasteiger partial charge in [0.15, 0.2) is 0 Å². The average molecular weight is 227 g/mol. The third kappa shape index (κ3) is 2.93. The average Bonchev–Trinajstić information content (AvgIpc) is 2.19. The zero-order valence-corrected chi connectivity index (χ0v) is 9.16. The number of hydrogen-bond donors (Lipinski definition) is 2. The standard InChI is InChI=1S/C11H14FNO3/c1-7-3-4-8(12)5-9(7)16-6-11(2,13)10(14)15/h3-5H,6,13H2,1-2H3,(H,14,15). The molecule has 16 heavy (non-hydrogen) atoms. The Balaban J connectivity index is 2.75. The number of hydrogen-bond acceptors (Lipinski definition) is 3. The molecule has 5 heteroatoms. The van der Waals surface area contributed by atoms with Crippen LogP contribution >= 0.6 is 0 Å². The SMILES string of the molecule is Cc1ccc(F)cc1OCC(C)(N)C(=O)O. The molecule has 1 unspecified atom stereocenters. The van der Waals surface area contributed by atoms with Crippen molar-refractivity contribution in [3.63, 3.8) is 0 Å². The molecule has 0 amide bonds. The van der Waals surface area contributed by atoms with Crippen molar-refractivity contribution in [1.29, 1.82) is 0 Å². The highest BCUT2D eigenvalue weighted by Crippen LogP contribution is 2.19. The van der Waals surface area contributed by atoms with Gasteiger partial charge < -0.3 is 15.6 Å². The zero-order chi connectivity index (χ0) is 12.3. The van der Waals surface area contributed by atoms with Crippen LogP contribution in [0.15, 0.2) is 18.2 Å². The maximum absolute atomic E-state index is 12.9. The minimum absolute atomic E-state index is 0.216. The summed E-state index contributed by atoms with van der Waals surface area (Å²) in [7, 11) is 0. The van der Waals surface area contributed by atoms with Gasteiger partial charge in [-0.2, -0.15) is 0 Å². The van der Waals surface area contributed by atoms with Crippen LogP contribution in [0.2, 0.25) is 0 Å². The fourth-order valence-electron chi connectivity index (χ4n) is 1.02. The first-order valence-corrected chi connectivity index (χ1v) is 4.74. The number of carboxylic acids is 1. The Bertz CT molecular complexity index is 404. The molecule has 88 valence electrons. The summed E-state index contributed by atoms with van der Waals surface area (Å²) in [6, 6.07) is 4.06. The van der Waals surface area contributed by atoms with Gasteiger partial charge >= 0.3 is 5.97 Å². The van der Waals surface area contributed by atoms with E-state index in [1.165, 1.54) is 19.1 Å². The number of rotatable bonds is 4. The van der Waals surface area contributed by atoms with Crippen LogP contribution in [0.3, 0.4) is 0 Å². The topological polar surface area (TPSA) is 72.5 Å². The lowest BCUT2D eigenvalue weighted by Crippen LogP contribution is -2.50. The summed E-state index contributed by atoms with van der Waals surface area (Å²) in [6.07, 6.45) is 0. The second-order valence-corrected chi connectivity index (χ2v) is 3.92. The van der Waals surface area contributed by atoms with E-state index in [9.17, 15) is 9.18 Å². The van der Waals surface area contributed by atoms with Crippen LogP contribution in [0.4, 0.5) is 4.39 Å². The van der Waals surface area contributed by atoms with Crippen molar-refractivity contribution < 1.29 is 19.0 Å². The van der Waals surface area contributed by atoms with Gasteiger partial charge in [-0.05, 0) is 25.5 Å². The van der Waals surface area contributed by atoms with Crippen LogP contribution in [-0.4, -0.2) is 23.2 Å². The molecule has 0 radical (unpaired) electrons. The number of ether oxygens (including phenoxy) is 1. The number of benzene rings is 1. The van der Waals surface area contributed by atoms with Gasteiger partial charge in [-0.25, -0.2) is 4.39 Å². The second kappa shape index (κ2) is 4.49. The van der Waals surface area contributed by atoms with E-state index in [0.29, 0.717) is 5.75 Å². The first-order chi connectivity index (χ1) is 7.33. The molecule has 0 saturated carbocycles. The lowest BCUT2D eigenvalue weighted by molar-refractivity contribution is -0.143. The summed E-state index contributed by atoms with van der Waals surface area (Å²) in [6.45, 7) is 2.86. The predicted octanol–water partition coefficient (Wildman–Crippen LogP) is 1.31. The Kier molecular flexibility index (Phi) is 3.49. The molecular weight excluding hydrogens is 213 g/mol. The van der Waals surface area contributed by atoms with E-state index in [1.54, 1.807) is 13.0 Å². The van der Waals surface area contributed by atoms with Crippen LogP contribution < -0.4 is 10.5 Å². The smallest absolute Gasteiger partial charge is 0.326 e. The number of carboxylic acid groups (broad SMARTS) is 1. The maximum Gasteiger partial charge on any atom is 0.326 e. The Morgan fingerprint density at radius 2 is 2.25 bits per heavy atom. The summed E-state index contributed by atoms with van der Waals surface area (Å²) in [5.41, 5.74) is 4.71. The van der Waals surface area contributed by atoms with Crippen LogP contribution in [0, 0.1) is 12.7 Å². The van der Waals surface area contributed by atoms with E-state index >= 15 is 0 Å². The minimum Gasteiger partial charge on any atom is -0.491 e. The van der Waals surface area contributed by atoms with Crippen molar-refractivity contribution in [3.05, 3.63) is 29.6 Å². The zero-order valence-electron chi connectivity index (χ0n) is 9.16. The minimum atomic E-state index is -1.49. The number of nitrogens with two attached hydrogens (primary N) is 1. The molecule has 1 aromatic rings. The highest BCUT2D eigenvalue weighted by molar-refractivity contribution is 5.78. The van der Waals surface area contributed by atoms with E-state index in [-0.39, 0.29) is 6.61 Å². The first kappa shape index (κ1) is 12.4. The Morgan fingerprint density at radius 1 is 1.62 bits per heavy atom. The van der Waals surface area contributed by atoms with E-state index in [1.807, 2.05) is 0 Å². The van der Waals surface area contributed by atoms with Crippen LogP contribution in [0.25, 0.3) is 0 Å². The Morgan fingerprint density at radius 3 is 2.81 bits per heavy atom. The number of halogens is 1. The van der Waals surface area contributed by atoms with Crippen molar-refractivity contribution in [2.75, 3.05) is 6.61 Å². The van der Waals surface area contributed by atoms with Gasteiger partial charge in [0, 0.05) is 6.07 Å². The van der Waals surface area contributed by atoms with E-state index in [4.69, 9.17) is 15.6 Å². The normalized spacial score (nSPS) is 14.2. The van der Waals surface area contributed by atoms with Gasteiger partial charge in [0.1, 0.15) is 23.7 Å². The Hall–Kier alpha value is -1.62. The molecule has 0 aliphatic heterocycles.